The number of aromatic nitrogens is 2. The normalized spacial score (nSPS) is 12.5. The Hall–Kier alpha value is -2.62. The highest BCUT2D eigenvalue weighted by molar-refractivity contribution is 7.91. The van der Waals surface area contributed by atoms with E-state index in [2.05, 4.69) is 20.2 Å². The third-order valence-electron chi connectivity index (χ3n) is 4.12. The summed E-state index contributed by atoms with van der Waals surface area (Å²) in [6, 6.07) is 16.7. The van der Waals surface area contributed by atoms with Crippen molar-refractivity contribution in [3.8, 4) is 0 Å². The zero-order chi connectivity index (χ0) is 20.1. The number of sulfonamides is 1. The van der Waals surface area contributed by atoms with Crippen molar-refractivity contribution in [3.63, 3.8) is 0 Å². The fourth-order valence-corrected chi connectivity index (χ4v) is 4.51. The quantitative estimate of drug-likeness (QED) is 0.576. The fourth-order valence-electron chi connectivity index (χ4n) is 2.44. The van der Waals surface area contributed by atoms with E-state index in [4.69, 9.17) is 0 Å². The maximum atomic E-state index is 12.5. The molecule has 0 saturated carbocycles. The Kier molecular flexibility index (Phi) is 6.18. The summed E-state index contributed by atoms with van der Waals surface area (Å²) in [6.45, 7) is 4.09. The summed E-state index contributed by atoms with van der Waals surface area (Å²) in [5.41, 5.74) is 2.53. The minimum Gasteiger partial charge on any atom is -0.296 e. The summed E-state index contributed by atoms with van der Waals surface area (Å²) in [7, 11) is -3.80. The van der Waals surface area contributed by atoms with E-state index in [1.54, 1.807) is 12.1 Å². The van der Waals surface area contributed by atoms with Gasteiger partial charge in [0.25, 0.3) is 15.9 Å². The Balaban J connectivity index is 1.63. The molecule has 7 nitrogen and oxygen atoms in total. The van der Waals surface area contributed by atoms with E-state index in [1.165, 1.54) is 0 Å². The van der Waals surface area contributed by atoms with Gasteiger partial charge in [-0.15, -0.1) is 10.2 Å². The number of rotatable bonds is 7. The average molecular weight is 417 g/mol. The van der Waals surface area contributed by atoms with Crippen LogP contribution < -0.4 is 10.0 Å². The van der Waals surface area contributed by atoms with Crippen molar-refractivity contribution in [1.82, 2.24) is 14.9 Å². The van der Waals surface area contributed by atoms with E-state index in [-0.39, 0.29) is 27.8 Å². The van der Waals surface area contributed by atoms with Gasteiger partial charge in [-0.2, -0.15) is 0 Å². The largest absolute Gasteiger partial charge is 0.296 e. The van der Waals surface area contributed by atoms with Crippen LogP contribution in [0.2, 0.25) is 0 Å². The van der Waals surface area contributed by atoms with E-state index in [1.807, 2.05) is 56.3 Å². The van der Waals surface area contributed by atoms with Crippen LogP contribution in [0, 0.1) is 6.92 Å². The molecule has 0 radical (unpaired) electrons. The van der Waals surface area contributed by atoms with Crippen LogP contribution in [0.1, 0.15) is 34.3 Å². The molecule has 28 heavy (non-hydrogen) atoms. The minimum atomic E-state index is -3.80. The molecule has 146 valence electrons. The molecule has 1 aromatic heterocycles. The maximum absolute atomic E-state index is 12.5. The highest BCUT2D eigenvalue weighted by Gasteiger charge is 2.22. The molecule has 2 N–H and O–H groups in total. The summed E-state index contributed by atoms with van der Waals surface area (Å²) in [5, 5.41) is 10.2. The predicted molar refractivity (Wildman–Crippen MR) is 109 cm³/mol. The van der Waals surface area contributed by atoms with Crippen LogP contribution >= 0.6 is 11.3 Å². The topological polar surface area (TPSA) is 101 Å². The number of hydrogen-bond acceptors (Lipinski definition) is 6. The van der Waals surface area contributed by atoms with Gasteiger partial charge in [0, 0.05) is 12.1 Å². The van der Waals surface area contributed by atoms with Gasteiger partial charge >= 0.3 is 0 Å². The van der Waals surface area contributed by atoms with Gasteiger partial charge in [-0.1, -0.05) is 66.3 Å². The number of carbonyl (C=O) groups is 1. The van der Waals surface area contributed by atoms with Crippen LogP contribution in [-0.2, 0) is 10.0 Å². The third kappa shape index (κ3) is 5.00. The van der Waals surface area contributed by atoms with Crippen molar-refractivity contribution in [3.05, 3.63) is 71.3 Å². The number of carbonyl (C=O) groups excluding carboxylic acids is 1. The molecule has 1 amide bonds. The van der Waals surface area contributed by atoms with Gasteiger partial charge in [0.15, 0.2) is 0 Å². The van der Waals surface area contributed by atoms with Crippen LogP contribution in [0.15, 0.2) is 58.9 Å². The second kappa shape index (κ2) is 8.59. The first-order valence-corrected chi connectivity index (χ1v) is 10.9. The van der Waals surface area contributed by atoms with Crippen molar-refractivity contribution >= 4 is 32.4 Å². The molecule has 0 saturated heterocycles. The fraction of sp³-hybridized carbons (Fsp3) is 0.211. The maximum Gasteiger partial charge on any atom is 0.269 e. The Morgan fingerprint density at radius 3 is 2.43 bits per heavy atom. The van der Waals surface area contributed by atoms with Gasteiger partial charge in [0.1, 0.15) is 0 Å². The molecule has 2 aromatic carbocycles. The Labute approximate surface area is 167 Å². The summed E-state index contributed by atoms with van der Waals surface area (Å²) < 4.78 is 27.3. The standard InChI is InChI=1S/C19H20N4O3S2/c1-13-8-10-16(11-9-13)17(24)21-18-22-23-19(27-18)28(25,26)20-12-14(2)15-6-4-3-5-7-15/h3-11,14,20H,12H2,1-2H3,(H,21,22,24)/t14-/m1/s1. The van der Waals surface area contributed by atoms with Gasteiger partial charge in [0.2, 0.25) is 9.47 Å². The lowest BCUT2D eigenvalue weighted by molar-refractivity contribution is 0.102. The van der Waals surface area contributed by atoms with Gasteiger partial charge < -0.3 is 0 Å². The molecule has 3 rings (SSSR count). The SMILES string of the molecule is Cc1ccc(C(=O)Nc2nnc(S(=O)(=O)NC[C@@H](C)c3ccccc3)s2)cc1. The van der Waals surface area contributed by atoms with E-state index < -0.39 is 10.0 Å². The molecule has 0 aliphatic rings. The first kappa shape index (κ1) is 20.1. The van der Waals surface area contributed by atoms with E-state index >= 15 is 0 Å². The van der Waals surface area contributed by atoms with Crippen LogP contribution in [0.25, 0.3) is 0 Å². The predicted octanol–water partition coefficient (Wildman–Crippen LogP) is 3.18. The zero-order valence-electron chi connectivity index (χ0n) is 15.4. The number of benzene rings is 2. The number of nitrogens with zero attached hydrogens (tertiary/aromatic N) is 2. The van der Waals surface area contributed by atoms with Crippen molar-refractivity contribution in [2.24, 2.45) is 0 Å². The van der Waals surface area contributed by atoms with Gasteiger partial charge in [0.05, 0.1) is 0 Å². The Morgan fingerprint density at radius 2 is 1.75 bits per heavy atom. The number of aryl methyl sites for hydroxylation is 1. The Bertz CT molecular complexity index is 1050. The summed E-state index contributed by atoms with van der Waals surface area (Å²) in [4.78, 5) is 12.2. The first-order valence-electron chi connectivity index (χ1n) is 8.61. The summed E-state index contributed by atoms with van der Waals surface area (Å²) in [6.07, 6.45) is 0. The van der Waals surface area contributed by atoms with E-state index in [9.17, 15) is 13.2 Å². The number of hydrogen-bond donors (Lipinski definition) is 2. The summed E-state index contributed by atoms with van der Waals surface area (Å²) >= 11 is 0.809. The molecular formula is C19H20N4O3S2. The van der Waals surface area contributed by atoms with Gasteiger partial charge in [-0.3, -0.25) is 10.1 Å². The molecule has 0 bridgehead atoms. The van der Waals surface area contributed by atoms with Crippen LogP contribution in [0.5, 0.6) is 0 Å². The number of amides is 1. The molecule has 0 fully saturated rings. The molecule has 1 heterocycles. The lowest BCUT2D eigenvalue weighted by atomic mass is 10.0. The Morgan fingerprint density at radius 1 is 1.07 bits per heavy atom. The molecule has 3 aromatic rings. The summed E-state index contributed by atoms with van der Waals surface area (Å²) in [5.74, 6) is -0.365. The smallest absolute Gasteiger partial charge is 0.269 e. The zero-order valence-corrected chi connectivity index (χ0v) is 17.0. The third-order valence-corrected chi connectivity index (χ3v) is 6.75. The minimum absolute atomic E-state index is 0.00427. The molecule has 9 heteroatoms. The van der Waals surface area contributed by atoms with Crippen molar-refractivity contribution in [2.45, 2.75) is 24.1 Å². The molecule has 0 unspecified atom stereocenters. The highest BCUT2D eigenvalue weighted by Crippen LogP contribution is 2.21. The van der Waals surface area contributed by atoms with Crippen LogP contribution in [0.3, 0.4) is 0 Å². The molecule has 1 atom stereocenters. The highest BCUT2D eigenvalue weighted by atomic mass is 32.2. The van der Waals surface area contributed by atoms with E-state index in [0.717, 1.165) is 22.5 Å². The average Bonchev–Trinajstić information content (AvgIpc) is 3.17. The van der Waals surface area contributed by atoms with Crippen LogP contribution in [-0.4, -0.2) is 31.1 Å². The first-order chi connectivity index (χ1) is 13.3. The second-order valence-corrected chi connectivity index (χ2v) is 9.28. The lowest BCUT2D eigenvalue weighted by Crippen LogP contribution is -2.27. The van der Waals surface area contributed by atoms with Gasteiger partial charge in [-0.05, 0) is 30.5 Å². The molecule has 0 aliphatic carbocycles. The lowest BCUT2D eigenvalue weighted by Gasteiger charge is -2.12. The van der Waals surface area contributed by atoms with Crippen molar-refractivity contribution in [1.29, 1.82) is 0 Å². The second-order valence-electron chi connectivity index (χ2n) is 6.36. The van der Waals surface area contributed by atoms with Gasteiger partial charge in [-0.25, -0.2) is 13.1 Å². The number of anilines is 1. The van der Waals surface area contributed by atoms with Crippen molar-refractivity contribution in [2.75, 3.05) is 11.9 Å². The molecular weight excluding hydrogens is 396 g/mol. The van der Waals surface area contributed by atoms with E-state index in [0.29, 0.717) is 5.56 Å². The number of nitrogens with one attached hydrogen (secondary N) is 2. The molecule has 0 spiro atoms. The molecule has 0 aliphatic heterocycles. The van der Waals surface area contributed by atoms with Crippen molar-refractivity contribution < 1.29 is 13.2 Å². The van der Waals surface area contributed by atoms with Crippen LogP contribution in [0.4, 0.5) is 5.13 Å². The monoisotopic (exact) mass is 416 g/mol.